The molecule has 2 N–H and O–H groups in total. The molecule has 0 aromatic carbocycles. The molecule has 1 aliphatic rings. The number of anilines is 1. The van der Waals surface area contributed by atoms with E-state index in [2.05, 4.69) is 10.3 Å². The van der Waals surface area contributed by atoms with E-state index in [0.29, 0.717) is 41.5 Å². The molecule has 1 atom stereocenters. The van der Waals surface area contributed by atoms with Gasteiger partial charge in [-0.2, -0.15) is 0 Å². The van der Waals surface area contributed by atoms with Gasteiger partial charge >= 0.3 is 5.97 Å². The van der Waals surface area contributed by atoms with Crippen LogP contribution in [0.15, 0.2) is 22.1 Å². The van der Waals surface area contributed by atoms with Gasteiger partial charge in [0.05, 0.1) is 29.9 Å². The zero-order chi connectivity index (χ0) is 18.7. The topological polar surface area (TPSA) is 113 Å². The Kier molecular flexibility index (Phi) is 5.36. The monoisotopic (exact) mass is 377 g/mol. The van der Waals surface area contributed by atoms with Gasteiger partial charge in [0, 0.05) is 18.5 Å². The number of carbonyl (C=O) groups is 3. The summed E-state index contributed by atoms with van der Waals surface area (Å²) < 4.78 is 5.10. The maximum atomic E-state index is 12.4. The van der Waals surface area contributed by atoms with Crippen LogP contribution < -0.4 is 5.32 Å². The lowest BCUT2D eigenvalue weighted by Gasteiger charge is -2.30. The molecule has 9 heteroatoms. The lowest BCUT2D eigenvalue weighted by molar-refractivity contribution is -0.145. The van der Waals surface area contributed by atoms with E-state index in [9.17, 15) is 14.4 Å². The number of thiazole rings is 1. The number of nitrogens with zero attached hydrogens (tertiary/aromatic N) is 2. The van der Waals surface area contributed by atoms with E-state index >= 15 is 0 Å². The molecule has 0 aliphatic carbocycles. The highest BCUT2D eigenvalue weighted by Gasteiger charge is 2.28. The summed E-state index contributed by atoms with van der Waals surface area (Å²) in [5.74, 6) is -1.31. The number of rotatable bonds is 5. The molecule has 1 fully saturated rings. The summed E-state index contributed by atoms with van der Waals surface area (Å²) in [6.45, 7) is 2.50. The fraction of sp³-hybridized carbons (Fsp3) is 0.412. The molecule has 0 saturated carbocycles. The zero-order valence-electron chi connectivity index (χ0n) is 14.2. The number of furan rings is 1. The van der Waals surface area contributed by atoms with Crippen molar-refractivity contribution in [1.82, 2.24) is 9.88 Å². The van der Waals surface area contributed by atoms with Gasteiger partial charge in [0.2, 0.25) is 5.91 Å². The first-order chi connectivity index (χ1) is 12.4. The number of hydrogen-bond acceptors (Lipinski definition) is 6. The van der Waals surface area contributed by atoms with Gasteiger partial charge in [0.25, 0.3) is 5.91 Å². The quantitative estimate of drug-likeness (QED) is 0.826. The van der Waals surface area contributed by atoms with Crippen LogP contribution in [0.2, 0.25) is 0 Å². The van der Waals surface area contributed by atoms with E-state index in [0.717, 1.165) is 0 Å². The predicted octanol–water partition coefficient (Wildman–Crippen LogP) is 2.16. The Morgan fingerprint density at radius 1 is 1.46 bits per heavy atom. The Morgan fingerprint density at radius 3 is 2.96 bits per heavy atom. The molecule has 8 nitrogen and oxygen atoms in total. The van der Waals surface area contributed by atoms with Crippen molar-refractivity contribution >= 4 is 34.3 Å². The van der Waals surface area contributed by atoms with E-state index in [1.807, 2.05) is 0 Å². The van der Waals surface area contributed by atoms with Crippen molar-refractivity contribution in [2.24, 2.45) is 5.92 Å². The number of aliphatic carboxylic acids is 1. The third kappa shape index (κ3) is 4.10. The van der Waals surface area contributed by atoms with Gasteiger partial charge in [-0.25, -0.2) is 4.98 Å². The summed E-state index contributed by atoms with van der Waals surface area (Å²) in [6.07, 6.45) is 2.81. The maximum Gasteiger partial charge on any atom is 0.308 e. The van der Waals surface area contributed by atoms with E-state index in [4.69, 9.17) is 9.52 Å². The molecular formula is C17H19N3O5S. The van der Waals surface area contributed by atoms with Crippen LogP contribution >= 0.6 is 11.3 Å². The first-order valence-corrected chi connectivity index (χ1v) is 9.12. The number of nitrogens with one attached hydrogen (secondary N) is 1. The van der Waals surface area contributed by atoms with E-state index in [1.165, 1.54) is 17.6 Å². The Balaban J connectivity index is 1.58. The second-order valence-corrected chi connectivity index (χ2v) is 7.04. The summed E-state index contributed by atoms with van der Waals surface area (Å²) in [7, 11) is 0. The minimum atomic E-state index is -0.865. The standard InChI is InChI=1S/C17H19N3O5S/c1-10-13(4-6-25-10)15(22)19-17-18-12(9-26-17)7-14(21)20-5-2-3-11(8-20)16(23)24/h4,6,9,11H,2-3,5,7-8H2,1H3,(H,23,24)(H,18,19,22). The van der Waals surface area contributed by atoms with Gasteiger partial charge in [-0.3, -0.25) is 19.7 Å². The van der Waals surface area contributed by atoms with E-state index < -0.39 is 11.9 Å². The summed E-state index contributed by atoms with van der Waals surface area (Å²) in [6, 6.07) is 1.58. The molecule has 0 radical (unpaired) electrons. The lowest BCUT2D eigenvalue weighted by Crippen LogP contribution is -2.43. The molecule has 1 unspecified atom stereocenters. The number of piperidine rings is 1. The number of carboxylic acids is 1. The number of carbonyl (C=O) groups excluding carboxylic acids is 2. The first kappa shape index (κ1) is 18.1. The zero-order valence-corrected chi connectivity index (χ0v) is 15.0. The van der Waals surface area contributed by atoms with Crippen LogP contribution in [0, 0.1) is 12.8 Å². The van der Waals surface area contributed by atoms with Crippen LogP contribution in [-0.4, -0.2) is 45.9 Å². The second kappa shape index (κ2) is 7.69. The molecule has 26 heavy (non-hydrogen) atoms. The van der Waals surface area contributed by atoms with Crippen molar-refractivity contribution < 1.29 is 23.9 Å². The largest absolute Gasteiger partial charge is 0.481 e. The molecule has 2 aromatic rings. The number of amides is 2. The van der Waals surface area contributed by atoms with Crippen LogP contribution in [0.25, 0.3) is 0 Å². The maximum absolute atomic E-state index is 12.4. The van der Waals surface area contributed by atoms with Crippen LogP contribution in [0.4, 0.5) is 5.13 Å². The number of carboxylic acid groups (broad SMARTS) is 1. The van der Waals surface area contributed by atoms with Gasteiger partial charge < -0.3 is 14.4 Å². The molecule has 3 heterocycles. The van der Waals surface area contributed by atoms with Crippen LogP contribution in [-0.2, 0) is 16.0 Å². The summed E-state index contributed by atoms with van der Waals surface area (Å²) in [4.78, 5) is 41.5. The fourth-order valence-corrected chi connectivity index (χ4v) is 3.61. The van der Waals surface area contributed by atoms with Crippen molar-refractivity contribution in [3.05, 3.63) is 34.7 Å². The van der Waals surface area contributed by atoms with Crippen LogP contribution in [0.1, 0.15) is 34.7 Å². The Labute approximate surface area is 153 Å². The Bertz CT molecular complexity index is 828. The molecule has 138 valence electrons. The minimum absolute atomic E-state index is 0.0868. The van der Waals surface area contributed by atoms with Gasteiger partial charge in [0.15, 0.2) is 5.13 Å². The Hall–Kier alpha value is -2.68. The second-order valence-electron chi connectivity index (χ2n) is 6.18. The molecule has 0 bridgehead atoms. The number of aryl methyl sites for hydroxylation is 1. The minimum Gasteiger partial charge on any atom is -0.481 e. The van der Waals surface area contributed by atoms with E-state index in [1.54, 1.807) is 23.3 Å². The average molecular weight is 377 g/mol. The Morgan fingerprint density at radius 2 is 2.27 bits per heavy atom. The van der Waals surface area contributed by atoms with Gasteiger partial charge in [-0.15, -0.1) is 11.3 Å². The predicted molar refractivity (Wildman–Crippen MR) is 94.2 cm³/mol. The SMILES string of the molecule is Cc1occc1C(=O)Nc1nc(CC(=O)N2CCCC(C(=O)O)C2)cs1. The van der Waals surface area contributed by atoms with E-state index in [-0.39, 0.29) is 24.8 Å². The average Bonchev–Trinajstić information content (AvgIpc) is 3.23. The molecular weight excluding hydrogens is 358 g/mol. The highest BCUT2D eigenvalue weighted by molar-refractivity contribution is 7.14. The van der Waals surface area contributed by atoms with Gasteiger partial charge in [0.1, 0.15) is 5.76 Å². The fourth-order valence-electron chi connectivity index (χ4n) is 2.90. The summed E-state index contributed by atoms with van der Waals surface area (Å²) in [5, 5.41) is 13.9. The molecule has 3 rings (SSSR count). The summed E-state index contributed by atoms with van der Waals surface area (Å²) >= 11 is 1.24. The third-order valence-electron chi connectivity index (χ3n) is 4.33. The van der Waals surface area contributed by atoms with Crippen LogP contribution in [0.5, 0.6) is 0 Å². The van der Waals surface area contributed by atoms with Crippen molar-refractivity contribution in [3.8, 4) is 0 Å². The highest BCUT2D eigenvalue weighted by Crippen LogP contribution is 2.21. The molecule has 1 saturated heterocycles. The van der Waals surface area contributed by atoms with Crippen molar-refractivity contribution in [2.75, 3.05) is 18.4 Å². The molecule has 1 aliphatic heterocycles. The number of likely N-dealkylation sites (tertiary alicyclic amines) is 1. The first-order valence-electron chi connectivity index (χ1n) is 8.24. The van der Waals surface area contributed by atoms with Crippen LogP contribution in [0.3, 0.4) is 0 Å². The summed E-state index contributed by atoms with van der Waals surface area (Å²) in [5.41, 5.74) is 0.988. The van der Waals surface area contributed by atoms with Crippen molar-refractivity contribution in [2.45, 2.75) is 26.2 Å². The lowest BCUT2D eigenvalue weighted by atomic mass is 9.98. The number of hydrogen-bond donors (Lipinski definition) is 2. The molecule has 2 amide bonds. The van der Waals surface area contributed by atoms with Crippen molar-refractivity contribution in [1.29, 1.82) is 0 Å². The molecule has 2 aromatic heterocycles. The smallest absolute Gasteiger partial charge is 0.308 e. The van der Waals surface area contributed by atoms with Gasteiger partial charge in [-0.1, -0.05) is 0 Å². The normalized spacial score (nSPS) is 17.1. The van der Waals surface area contributed by atoms with Crippen molar-refractivity contribution in [3.63, 3.8) is 0 Å². The number of aromatic nitrogens is 1. The molecule has 0 spiro atoms. The third-order valence-corrected chi connectivity index (χ3v) is 5.14. The highest BCUT2D eigenvalue weighted by atomic mass is 32.1. The van der Waals surface area contributed by atoms with Gasteiger partial charge in [-0.05, 0) is 25.8 Å².